The molecule has 6 heteroatoms. The van der Waals surface area contributed by atoms with Gasteiger partial charge in [0.1, 0.15) is 5.82 Å². The van der Waals surface area contributed by atoms with E-state index in [4.69, 9.17) is 0 Å². The highest BCUT2D eigenvalue weighted by Crippen LogP contribution is 2.19. The van der Waals surface area contributed by atoms with Crippen molar-refractivity contribution in [3.8, 4) is 0 Å². The molecule has 122 valence electrons. The van der Waals surface area contributed by atoms with Crippen molar-refractivity contribution in [3.63, 3.8) is 0 Å². The van der Waals surface area contributed by atoms with Crippen molar-refractivity contribution >= 4 is 11.6 Å². The second kappa shape index (κ2) is 7.37. The number of halogens is 1. The van der Waals surface area contributed by atoms with Crippen LogP contribution in [-0.2, 0) is 11.3 Å². The third kappa shape index (κ3) is 4.63. The second-order valence-corrected chi connectivity index (χ2v) is 6.03. The quantitative estimate of drug-likeness (QED) is 0.921. The Kier molecular flexibility index (Phi) is 5.02. The molecule has 2 heterocycles. The summed E-state index contributed by atoms with van der Waals surface area (Å²) < 4.78 is 15.0. The van der Waals surface area contributed by atoms with Crippen LogP contribution in [0.1, 0.15) is 12.8 Å². The molecule has 1 aromatic carbocycles. The van der Waals surface area contributed by atoms with Crippen molar-refractivity contribution in [1.82, 2.24) is 14.5 Å². The van der Waals surface area contributed by atoms with Gasteiger partial charge < -0.3 is 9.88 Å². The lowest BCUT2D eigenvalue weighted by molar-refractivity contribution is -0.117. The van der Waals surface area contributed by atoms with Crippen LogP contribution in [0.15, 0.2) is 43.0 Å². The average molecular weight is 316 g/mol. The smallest absolute Gasteiger partial charge is 0.238 e. The van der Waals surface area contributed by atoms with E-state index >= 15 is 0 Å². The molecule has 23 heavy (non-hydrogen) atoms. The van der Waals surface area contributed by atoms with Crippen LogP contribution in [-0.4, -0.2) is 40.0 Å². The summed E-state index contributed by atoms with van der Waals surface area (Å²) in [6.07, 6.45) is 7.81. The summed E-state index contributed by atoms with van der Waals surface area (Å²) in [4.78, 5) is 18.3. The van der Waals surface area contributed by atoms with Gasteiger partial charge in [0.25, 0.3) is 0 Å². The van der Waals surface area contributed by atoms with Gasteiger partial charge in [-0.05, 0) is 56.1 Å². The molecule has 1 aliphatic heterocycles. The van der Waals surface area contributed by atoms with Gasteiger partial charge in [-0.25, -0.2) is 9.37 Å². The molecule has 0 radical (unpaired) electrons. The maximum Gasteiger partial charge on any atom is 0.238 e. The lowest BCUT2D eigenvalue weighted by atomic mass is 9.97. The van der Waals surface area contributed by atoms with Gasteiger partial charge >= 0.3 is 0 Å². The number of rotatable bonds is 5. The number of piperidine rings is 1. The van der Waals surface area contributed by atoms with Gasteiger partial charge in [-0.3, -0.25) is 9.69 Å². The fraction of sp³-hybridized carbons (Fsp3) is 0.412. The van der Waals surface area contributed by atoms with E-state index in [0.29, 0.717) is 18.2 Å². The summed E-state index contributed by atoms with van der Waals surface area (Å²) in [5.41, 5.74) is 0.631. The molecule has 1 N–H and O–H groups in total. The Hall–Kier alpha value is -2.21. The van der Waals surface area contributed by atoms with Crippen molar-refractivity contribution in [2.75, 3.05) is 25.0 Å². The number of amides is 1. The number of hydrogen-bond acceptors (Lipinski definition) is 3. The lowest BCUT2D eigenvalue weighted by Gasteiger charge is -2.31. The zero-order valence-electron chi connectivity index (χ0n) is 13.0. The van der Waals surface area contributed by atoms with Crippen LogP contribution in [0.25, 0.3) is 0 Å². The average Bonchev–Trinajstić information content (AvgIpc) is 3.04. The van der Waals surface area contributed by atoms with Crippen LogP contribution in [0.5, 0.6) is 0 Å². The van der Waals surface area contributed by atoms with Crippen molar-refractivity contribution in [2.24, 2.45) is 5.92 Å². The molecule has 1 amide bonds. The molecule has 0 unspecified atom stereocenters. The minimum absolute atomic E-state index is 0.0512. The first-order valence-corrected chi connectivity index (χ1v) is 7.92. The van der Waals surface area contributed by atoms with Gasteiger partial charge in [0.05, 0.1) is 12.9 Å². The van der Waals surface area contributed by atoms with Crippen LogP contribution in [0.4, 0.5) is 10.1 Å². The summed E-state index contributed by atoms with van der Waals surface area (Å²) in [5.74, 6) is 0.285. The number of carbonyl (C=O) groups excluding carboxylic acids is 1. The Morgan fingerprint density at radius 3 is 2.65 bits per heavy atom. The number of aromatic nitrogens is 2. The minimum Gasteiger partial charge on any atom is -0.337 e. The van der Waals surface area contributed by atoms with Crippen LogP contribution in [0, 0.1) is 11.7 Å². The first kappa shape index (κ1) is 15.7. The topological polar surface area (TPSA) is 50.2 Å². The fourth-order valence-electron chi connectivity index (χ4n) is 2.96. The number of anilines is 1. The number of hydrogen-bond donors (Lipinski definition) is 1. The van der Waals surface area contributed by atoms with Crippen LogP contribution < -0.4 is 5.32 Å². The van der Waals surface area contributed by atoms with E-state index in [1.807, 2.05) is 12.5 Å². The first-order chi connectivity index (χ1) is 11.2. The van der Waals surface area contributed by atoms with E-state index in [1.54, 1.807) is 18.3 Å². The van der Waals surface area contributed by atoms with E-state index in [-0.39, 0.29) is 11.7 Å². The molecule has 1 saturated heterocycles. The molecule has 5 nitrogen and oxygen atoms in total. The van der Waals surface area contributed by atoms with Crippen LogP contribution in [0.3, 0.4) is 0 Å². The predicted octanol–water partition coefficient (Wildman–Crippen LogP) is 2.37. The van der Waals surface area contributed by atoms with E-state index in [9.17, 15) is 9.18 Å². The normalized spacial score (nSPS) is 16.4. The molecule has 3 rings (SSSR count). The summed E-state index contributed by atoms with van der Waals surface area (Å²) >= 11 is 0. The van der Waals surface area contributed by atoms with Crippen LogP contribution >= 0.6 is 0 Å². The minimum atomic E-state index is -0.303. The van der Waals surface area contributed by atoms with Crippen molar-refractivity contribution < 1.29 is 9.18 Å². The van der Waals surface area contributed by atoms with Crippen LogP contribution in [0.2, 0.25) is 0 Å². The molecule has 0 atom stereocenters. The summed E-state index contributed by atoms with van der Waals surface area (Å²) in [7, 11) is 0. The third-order valence-corrected chi connectivity index (χ3v) is 4.23. The predicted molar refractivity (Wildman–Crippen MR) is 86.4 cm³/mol. The number of benzene rings is 1. The Balaban J connectivity index is 1.41. The van der Waals surface area contributed by atoms with E-state index in [0.717, 1.165) is 32.5 Å². The first-order valence-electron chi connectivity index (χ1n) is 7.92. The van der Waals surface area contributed by atoms with Gasteiger partial charge in [0.2, 0.25) is 5.91 Å². The highest BCUT2D eigenvalue weighted by Gasteiger charge is 2.21. The molecular formula is C17H21FN4O. The van der Waals surface area contributed by atoms with Crippen molar-refractivity contribution in [3.05, 3.63) is 48.8 Å². The number of nitrogens with one attached hydrogen (secondary N) is 1. The number of imidazole rings is 1. The molecule has 1 aliphatic rings. The van der Waals surface area contributed by atoms with Gasteiger partial charge in [0.15, 0.2) is 0 Å². The van der Waals surface area contributed by atoms with E-state index in [2.05, 4.69) is 19.8 Å². The maximum atomic E-state index is 12.8. The highest BCUT2D eigenvalue weighted by molar-refractivity contribution is 5.92. The zero-order chi connectivity index (χ0) is 16.1. The molecule has 1 aromatic heterocycles. The molecular weight excluding hydrogens is 295 g/mol. The summed E-state index contributed by atoms with van der Waals surface area (Å²) in [6, 6.07) is 5.84. The molecule has 0 spiro atoms. The fourth-order valence-corrected chi connectivity index (χ4v) is 2.96. The third-order valence-electron chi connectivity index (χ3n) is 4.23. The zero-order valence-corrected chi connectivity index (χ0v) is 13.0. The Labute approximate surface area is 135 Å². The Bertz CT molecular complexity index is 619. The number of carbonyl (C=O) groups is 1. The molecule has 2 aromatic rings. The largest absolute Gasteiger partial charge is 0.337 e. The van der Waals surface area contributed by atoms with Crippen molar-refractivity contribution in [2.45, 2.75) is 19.4 Å². The van der Waals surface area contributed by atoms with Gasteiger partial charge in [-0.1, -0.05) is 0 Å². The van der Waals surface area contributed by atoms with Crippen molar-refractivity contribution in [1.29, 1.82) is 0 Å². The van der Waals surface area contributed by atoms with E-state index < -0.39 is 0 Å². The Morgan fingerprint density at radius 1 is 1.26 bits per heavy atom. The summed E-state index contributed by atoms with van der Waals surface area (Å²) in [6.45, 7) is 3.23. The van der Waals surface area contributed by atoms with Gasteiger partial charge in [0, 0.05) is 24.6 Å². The molecule has 0 aliphatic carbocycles. The Morgan fingerprint density at radius 2 is 2.00 bits per heavy atom. The molecule has 1 fully saturated rings. The second-order valence-electron chi connectivity index (χ2n) is 6.03. The highest BCUT2D eigenvalue weighted by atomic mass is 19.1. The molecule has 0 saturated carbocycles. The SMILES string of the molecule is O=C(CN1CCC(Cn2ccnc2)CC1)Nc1ccc(F)cc1. The lowest BCUT2D eigenvalue weighted by Crippen LogP contribution is -2.39. The summed E-state index contributed by atoms with van der Waals surface area (Å²) in [5, 5.41) is 2.80. The molecule has 0 bridgehead atoms. The van der Waals surface area contributed by atoms with Gasteiger partial charge in [-0.15, -0.1) is 0 Å². The number of nitrogens with zero attached hydrogens (tertiary/aromatic N) is 3. The monoisotopic (exact) mass is 316 g/mol. The number of likely N-dealkylation sites (tertiary alicyclic amines) is 1. The standard InChI is InChI=1S/C17H21FN4O/c18-15-1-3-16(4-2-15)20-17(23)12-21-8-5-14(6-9-21)11-22-10-7-19-13-22/h1-4,7,10,13-14H,5-6,8-9,11-12H2,(H,20,23). The maximum absolute atomic E-state index is 12.8. The van der Waals surface area contributed by atoms with Gasteiger partial charge in [-0.2, -0.15) is 0 Å². The van der Waals surface area contributed by atoms with E-state index in [1.165, 1.54) is 12.1 Å².